The Balaban J connectivity index is 2.09. The van der Waals surface area contributed by atoms with Gasteiger partial charge in [-0.15, -0.1) is 0 Å². The minimum Gasteiger partial charge on any atom is -0.428 e. The molecule has 0 aromatic heterocycles. The van der Waals surface area contributed by atoms with Crippen LogP contribution in [0, 0.1) is 0 Å². The Morgan fingerprint density at radius 3 is 2.30 bits per heavy atom. The van der Waals surface area contributed by atoms with Gasteiger partial charge in [0.1, 0.15) is 5.75 Å². The van der Waals surface area contributed by atoms with Crippen LogP contribution in [-0.4, -0.2) is 43.6 Å². The zero-order valence-corrected chi connectivity index (χ0v) is 13.1. The van der Waals surface area contributed by atoms with E-state index in [0.29, 0.717) is 0 Å². The predicted molar refractivity (Wildman–Crippen MR) is 80.1 cm³/mol. The molecule has 0 unspecified atom stereocenters. The number of piperazine rings is 1. The lowest BCUT2D eigenvalue weighted by Crippen LogP contribution is -2.45. The second-order valence-corrected chi connectivity index (χ2v) is 5.62. The molecule has 1 aliphatic rings. The van der Waals surface area contributed by atoms with Gasteiger partial charge in [-0.2, -0.15) is 17.6 Å². The van der Waals surface area contributed by atoms with Gasteiger partial charge in [0.15, 0.2) is 0 Å². The molecule has 2 rings (SSSR count). The number of alkyl halides is 4. The van der Waals surface area contributed by atoms with E-state index in [1.165, 1.54) is 12.1 Å². The van der Waals surface area contributed by atoms with E-state index >= 15 is 0 Å². The second-order valence-electron chi connectivity index (χ2n) is 5.62. The third-order valence-electron chi connectivity index (χ3n) is 3.93. The Kier molecular flexibility index (Phi) is 6.24. The lowest BCUT2D eigenvalue weighted by molar-refractivity contribution is -0.253. The van der Waals surface area contributed by atoms with Crippen molar-refractivity contribution in [3.8, 4) is 5.75 Å². The number of halogens is 4. The molecule has 3 nitrogen and oxygen atoms in total. The van der Waals surface area contributed by atoms with Crippen LogP contribution in [0.3, 0.4) is 0 Å². The molecule has 1 atom stereocenters. The lowest BCUT2D eigenvalue weighted by Gasteiger charge is -2.35. The van der Waals surface area contributed by atoms with Gasteiger partial charge >= 0.3 is 12.5 Å². The Labute approximate surface area is 133 Å². The van der Waals surface area contributed by atoms with E-state index in [1.54, 1.807) is 12.1 Å². The van der Waals surface area contributed by atoms with Crippen molar-refractivity contribution in [2.75, 3.05) is 26.2 Å². The molecule has 0 radical (unpaired) electrons. The van der Waals surface area contributed by atoms with E-state index in [0.717, 1.165) is 44.6 Å². The van der Waals surface area contributed by atoms with E-state index in [-0.39, 0.29) is 11.8 Å². The highest BCUT2D eigenvalue weighted by molar-refractivity contribution is 5.29. The fraction of sp³-hybridized carbons (Fsp3) is 0.625. The van der Waals surface area contributed by atoms with Gasteiger partial charge in [0.25, 0.3) is 0 Å². The summed E-state index contributed by atoms with van der Waals surface area (Å²) in [7, 11) is 0. The zero-order valence-electron chi connectivity index (χ0n) is 13.1. The Morgan fingerprint density at radius 1 is 1.17 bits per heavy atom. The zero-order chi connectivity index (χ0) is 16.9. The summed E-state index contributed by atoms with van der Waals surface area (Å²) in [5, 5.41) is 3.29. The molecule has 0 bridgehead atoms. The highest BCUT2D eigenvalue weighted by Gasteiger charge is 2.43. The Hall–Kier alpha value is -1.34. The van der Waals surface area contributed by atoms with Crippen LogP contribution in [0.1, 0.15) is 31.4 Å². The van der Waals surface area contributed by atoms with Crippen LogP contribution in [0.15, 0.2) is 24.3 Å². The summed E-state index contributed by atoms with van der Waals surface area (Å²) in [5.74, 6) is -0.255. The van der Waals surface area contributed by atoms with Crippen molar-refractivity contribution in [1.82, 2.24) is 10.2 Å². The molecule has 0 amide bonds. The smallest absolute Gasteiger partial charge is 0.428 e. The third kappa shape index (κ3) is 4.81. The number of rotatable bonds is 7. The van der Waals surface area contributed by atoms with Crippen LogP contribution in [0.2, 0.25) is 0 Å². The van der Waals surface area contributed by atoms with E-state index in [2.05, 4.69) is 21.9 Å². The molecule has 0 saturated carbocycles. The van der Waals surface area contributed by atoms with Gasteiger partial charge in [-0.3, -0.25) is 4.90 Å². The van der Waals surface area contributed by atoms with Crippen molar-refractivity contribution in [2.45, 2.75) is 38.3 Å². The second kappa shape index (κ2) is 7.97. The number of hydrogen-bond donors (Lipinski definition) is 1. The molecule has 0 spiro atoms. The van der Waals surface area contributed by atoms with Crippen molar-refractivity contribution < 1.29 is 22.3 Å². The number of nitrogens with zero attached hydrogens (tertiary/aromatic N) is 1. The number of hydrogen-bond acceptors (Lipinski definition) is 3. The first-order valence-electron chi connectivity index (χ1n) is 7.83. The highest BCUT2D eigenvalue weighted by atomic mass is 19.3. The van der Waals surface area contributed by atoms with Crippen molar-refractivity contribution in [3.63, 3.8) is 0 Å². The monoisotopic (exact) mass is 334 g/mol. The summed E-state index contributed by atoms with van der Waals surface area (Å²) < 4.78 is 54.3. The molecule has 7 heteroatoms. The van der Waals surface area contributed by atoms with Crippen molar-refractivity contribution >= 4 is 0 Å². The fourth-order valence-electron chi connectivity index (χ4n) is 2.79. The first kappa shape index (κ1) is 18.0. The molecule has 1 N–H and O–H groups in total. The van der Waals surface area contributed by atoms with Crippen molar-refractivity contribution in [1.29, 1.82) is 0 Å². The van der Waals surface area contributed by atoms with E-state index in [4.69, 9.17) is 0 Å². The number of nitrogens with one attached hydrogen (secondary N) is 1. The summed E-state index contributed by atoms with van der Waals surface area (Å²) in [6, 6.07) is 6.22. The minimum absolute atomic E-state index is 0.201. The average molecular weight is 334 g/mol. The molecular weight excluding hydrogens is 312 g/mol. The van der Waals surface area contributed by atoms with Gasteiger partial charge in [-0.25, -0.2) is 0 Å². The first-order valence-corrected chi connectivity index (χ1v) is 7.83. The predicted octanol–water partition coefficient (Wildman–Crippen LogP) is 3.67. The molecular formula is C16H22F4N2O. The summed E-state index contributed by atoms with van der Waals surface area (Å²) in [6.45, 7) is 5.78. The fourth-order valence-corrected chi connectivity index (χ4v) is 2.79. The molecule has 130 valence electrons. The molecule has 1 aliphatic heterocycles. The number of benzene rings is 1. The maximum atomic E-state index is 12.9. The lowest BCUT2D eigenvalue weighted by atomic mass is 10.00. The molecule has 1 aromatic rings. The molecule has 0 aliphatic carbocycles. The standard InChI is InChI=1S/C16H22F4N2O/c1-2-3-14(22-10-8-21-9-11-22)12-4-6-13(7-5-12)23-16(19,20)15(17)18/h4-7,14-15,21H,2-3,8-11H2,1H3/t14-/m1/s1. The molecule has 1 heterocycles. The van der Waals surface area contributed by atoms with Gasteiger partial charge in [-0.05, 0) is 24.1 Å². The van der Waals surface area contributed by atoms with Gasteiger partial charge in [0.05, 0.1) is 0 Å². The minimum atomic E-state index is -4.47. The largest absolute Gasteiger partial charge is 0.461 e. The molecule has 23 heavy (non-hydrogen) atoms. The van der Waals surface area contributed by atoms with Crippen LogP contribution in [0.4, 0.5) is 17.6 Å². The van der Waals surface area contributed by atoms with Crippen molar-refractivity contribution in [3.05, 3.63) is 29.8 Å². The maximum absolute atomic E-state index is 12.9. The van der Waals surface area contributed by atoms with Crippen LogP contribution in [0.5, 0.6) is 5.75 Å². The summed E-state index contributed by atoms with van der Waals surface area (Å²) in [5.41, 5.74) is 0.987. The van der Waals surface area contributed by atoms with Gasteiger partial charge in [0, 0.05) is 32.2 Å². The maximum Gasteiger partial charge on any atom is 0.461 e. The van der Waals surface area contributed by atoms with Gasteiger partial charge in [0.2, 0.25) is 0 Å². The topological polar surface area (TPSA) is 24.5 Å². The van der Waals surface area contributed by atoms with Crippen LogP contribution in [-0.2, 0) is 0 Å². The van der Waals surface area contributed by atoms with E-state index in [9.17, 15) is 17.6 Å². The van der Waals surface area contributed by atoms with Crippen molar-refractivity contribution in [2.24, 2.45) is 0 Å². The van der Waals surface area contributed by atoms with Gasteiger partial charge < -0.3 is 10.1 Å². The third-order valence-corrected chi connectivity index (χ3v) is 3.93. The van der Waals surface area contributed by atoms with Crippen LogP contribution >= 0.6 is 0 Å². The summed E-state index contributed by atoms with van der Waals surface area (Å²) >= 11 is 0. The first-order chi connectivity index (χ1) is 10.9. The van der Waals surface area contributed by atoms with Crippen LogP contribution < -0.4 is 10.1 Å². The molecule has 1 aromatic carbocycles. The summed E-state index contributed by atoms with van der Waals surface area (Å²) in [4.78, 5) is 2.35. The molecule has 1 fully saturated rings. The van der Waals surface area contributed by atoms with Gasteiger partial charge in [-0.1, -0.05) is 25.5 Å². The Morgan fingerprint density at radius 2 is 1.78 bits per heavy atom. The normalized spacial score (nSPS) is 18.2. The Bertz CT molecular complexity index is 475. The summed E-state index contributed by atoms with van der Waals surface area (Å²) in [6.07, 6.45) is -6.37. The number of ether oxygens (including phenoxy) is 1. The quantitative estimate of drug-likeness (QED) is 0.770. The van der Waals surface area contributed by atoms with E-state index in [1.807, 2.05) is 0 Å². The van der Waals surface area contributed by atoms with Crippen LogP contribution in [0.25, 0.3) is 0 Å². The SMILES string of the molecule is CCC[C@H](c1ccc(OC(F)(F)C(F)F)cc1)N1CCNCC1. The average Bonchev–Trinajstić information content (AvgIpc) is 2.54. The highest BCUT2D eigenvalue weighted by Crippen LogP contribution is 2.31. The van der Waals surface area contributed by atoms with E-state index < -0.39 is 12.5 Å². The molecule has 1 saturated heterocycles.